The fraction of sp³-hybridized carbons (Fsp3) is 0.607. The maximum absolute atomic E-state index is 13.9. The number of benzene rings is 1. The molecule has 7 nitrogen and oxygen atoms in total. The lowest BCUT2D eigenvalue weighted by Crippen LogP contribution is -2.54. The fourth-order valence-electron chi connectivity index (χ4n) is 4.45. The molecular weight excluding hydrogens is 474 g/mol. The average Bonchev–Trinajstić information content (AvgIpc) is 2.84. The van der Waals surface area contributed by atoms with E-state index < -0.39 is 23.8 Å². The highest BCUT2D eigenvalue weighted by Crippen LogP contribution is 2.27. The number of nitrogens with one attached hydrogen (secondary N) is 2. The monoisotopic (exact) mass is 515 g/mol. The zero-order valence-electron chi connectivity index (χ0n) is 22.3. The van der Waals surface area contributed by atoms with Gasteiger partial charge in [0.25, 0.3) is 0 Å². The minimum atomic E-state index is -0.908. The van der Waals surface area contributed by atoms with Gasteiger partial charge in [-0.3, -0.25) is 9.59 Å². The quantitative estimate of drug-likeness (QED) is 0.443. The van der Waals surface area contributed by atoms with Gasteiger partial charge in [-0.25, -0.2) is 4.79 Å². The number of alkyl carbamates (subject to hydrolysis) is 1. The van der Waals surface area contributed by atoms with Crippen LogP contribution in [-0.2, 0) is 14.3 Å². The summed E-state index contributed by atoms with van der Waals surface area (Å²) in [5.41, 5.74) is 0.466. The van der Waals surface area contributed by atoms with Crippen molar-refractivity contribution >= 4 is 29.7 Å². The van der Waals surface area contributed by atoms with Crippen molar-refractivity contribution in [2.24, 2.45) is 0 Å². The summed E-state index contributed by atoms with van der Waals surface area (Å²) in [6.07, 6.45) is 12.6. The van der Waals surface area contributed by atoms with Crippen LogP contribution in [0.4, 0.5) is 4.79 Å². The van der Waals surface area contributed by atoms with E-state index in [0.717, 1.165) is 25.7 Å². The Morgan fingerprint density at radius 2 is 1.86 bits per heavy atom. The van der Waals surface area contributed by atoms with Gasteiger partial charge < -0.3 is 20.3 Å². The van der Waals surface area contributed by atoms with Gasteiger partial charge in [0.2, 0.25) is 11.8 Å². The molecule has 0 aliphatic heterocycles. The number of thioether (sulfide) groups is 1. The van der Waals surface area contributed by atoms with E-state index in [9.17, 15) is 14.4 Å². The second-order valence-electron chi connectivity index (χ2n) is 10.1. The summed E-state index contributed by atoms with van der Waals surface area (Å²) < 4.78 is 5.41. The Morgan fingerprint density at radius 3 is 2.44 bits per heavy atom. The first kappa shape index (κ1) is 29.6. The van der Waals surface area contributed by atoms with Gasteiger partial charge >= 0.3 is 6.09 Å². The van der Waals surface area contributed by atoms with Crippen LogP contribution in [0.2, 0.25) is 0 Å². The number of likely N-dealkylation sites (N-methyl/N-ethyl adjacent to an activating group) is 1. The maximum atomic E-state index is 13.9. The van der Waals surface area contributed by atoms with E-state index in [1.807, 2.05) is 25.3 Å². The van der Waals surface area contributed by atoms with Crippen molar-refractivity contribution in [2.75, 3.05) is 18.6 Å². The first-order valence-electron chi connectivity index (χ1n) is 12.8. The Labute approximate surface area is 220 Å². The average molecular weight is 516 g/mol. The highest BCUT2D eigenvalue weighted by molar-refractivity contribution is 7.98. The molecule has 2 atom stereocenters. The molecular formula is C28H41N3O4S. The Kier molecular flexibility index (Phi) is 11.6. The van der Waals surface area contributed by atoms with Crippen LogP contribution in [0, 0.1) is 12.3 Å². The normalized spacial score (nSPS) is 15.8. The number of hydrogen-bond acceptors (Lipinski definition) is 5. The molecule has 1 aliphatic rings. The molecule has 0 spiro atoms. The lowest BCUT2D eigenvalue weighted by Gasteiger charge is -2.35. The fourth-order valence-corrected chi connectivity index (χ4v) is 4.92. The highest BCUT2D eigenvalue weighted by Gasteiger charge is 2.37. The molecule has 2 unspecified atom stereocenters. The number of nitrogens with zero attached hydrogens (tertiary/aromatic N) is 1. The lowest BCUT2D eigenvalue weighted by atomic mass is 9.93. The third-order valence-corrected chi connectivity index (χ3v) is 6.79. The van der Waals surface area contributed by atoms with E-state index in [2.05, 4.69) is 16.6 Å². The van der Waals surface area contributed by atoms with Gasteiger partial charge in [-0.1, -0.05) is 43.4 Å². The third-order valence-electron chi connectivity index (χ3n) is 6.15. The SMILES string of the molecule is C#Cc1ccccc1C(C(=O)NC1CCCCC1)N(CC)C(=O)C(CCSC)NC(=O)OC(C)(C)C. The molecule has 0 heterocycles. The van der Waals surface area contributed by atoms with E-state index in [0.29, 0.717) is 23.3 Å². The predicted molar refractivity (Wildman–Crippen MR) is 146 cm³/mol. The molecule has 1 aromatic carbocycles. The Balaban J connectivity index is 2.41. The summed E-state index contributed by atoms with van der Waals surface area (Å²) in [5, 5.41) is 5.92. The second kappa shape index (κ2) is 14.2. The summed E-state index contributed by atoms with van der Waals surface area (Å²) in [6, 6.07) is 5.54. The smallest absolute Gasteiger partial charge is 0.408 e. The van der Waals surface area contributed by atoms with Crippen LogP contribution in [0.1, 0.15) is 83.4 Å². The van der Waals surface area contributed by atoms with Gasteiger partial charge in [0.05, 0.1) is 0 Å². The van der Waals surface area contributed by atoms with Crippen LogP contribution in [0.3, 0.4) is 0 Å². The van der Waals surface area contributed by atoms with Crippen molar-refractivity contribution in [1.82, 2.24) is 15.5 Å². The minimum Gasteiger partial charge on any atom is -0.444 e. The van der Waals surface area contributed by atoms with E-state index in [1.165, 1.54) is 11.3 Å². The van der Waals surface area contributed by atoms with Crippen molar-refractivity contribution in [1.29, 1.82) is 0 Å². The Bertz CT molecular complexity index is 931. The molecule has 3 amide bonds. The van der Waals surface area contributed by atoms with E-state index >= 15 is 0 Å². The lowest BCUT2D eigenvalue weighted by molar-refractivity contribution is -0.142. The number of carbonyl (C=O) groups is 3. The molecule has 2 rings (SSSR count). The number of hydrogen-bond donors (Lipinski definition) is 2. The first-order chi connectivity index (χ1) is 17.1. The summed E-state index contributed by atoms with van der Waals surface area (Å²) in [4.78, 5) is 41.7. The van der Waals surface area contributed by atoms with Crippen LogP contribution >= 0.6 is 11.8 Å². The largest absolute Gasteiger partial charge is 0.444 e. The molecule has 2 N–H and O–H groups in total. The molecule has 36 heavy (non-hydrogen) atoms. The summed E-state index contributed by atoms with van der Waals surface area (Å²) in [7, 11) is 0. The molecule has 8 heteroatoms. The van der Waals surface area contributed by atoms with Gasteiger partial charge in [-0.15, -0.1) is 6.42 Å². The van der Waals surface area contributed by atoms with Crippen LogP contribution in [0.25, 0.3) is 0 Å². The molecule has 1 saturated carbocycles. The topological polar surface area (TPSA) is 87.7 Å². The standard InChI is InChI=1S/C28H41N3O4S/c1-7-20-14-12-13-17-22(20)24(25(32)29-21-15-10-9-11-16-21)31(8-2)26(33)23(18-19-36-6)30-27(34)35-28(3,4)5/h1,12-14,17,21,23-24H,8-11,15-16,18-19H2,2-6H3,(H,29,32)(H,30,34). The van der Waals surface area contributed by atoms with Crippen molar-refractivity contribution in [2.45, 2.75) is 89.9 Å². The molecule has 0 bridgehead atoms. The number of carbonyl (C=O) groups excluding carboxylic acids is 3. The predicted octanol–water partition coefficient (Wildman–Crippen LogP) is 4.65. The van der Waals surface area contributed by atoms with Crippen molar-refractivity contribution in [3.05, 3.63) is 35.4 Å². The number of rotatable bonds is 10. The molecule has 0 saturated heterocycles. The van der Waals surface area contributed by atoms with E-state index in [1.54, 1.807) is 44.7 Å². The first-order valence-corrected chi connectivity index (χ1v) is 14.2. The molecule has 0 aromatic heterocycles. The van der Waals surface area contributed by atoms with Crippen molar-refractivity contribution in [3.8, 4) is 12.3 Å². The van der Waals surface area contributed by atoms with Gasteiger partial charge in [-0.2, -0.15) is 11.8 Å². The van der Waals surface area contributed by atoms with Gasteiger partial charge in [0.15, 0.2) is 0 Å². The third kappa shape index (κ3) is 8.77. The molecule has 0 radical (unpaired) electrons. The number of amides is 3. The van der Waals surface area contributed by atoms with Crippen LogP contribution in [0.5, 0.6) is 0 Å². The molecule has 1 aliphatic carbocycles. The van der Waals surface area contributed by atoms with Crippen LogP contribution < -0.4 is 10.6 Å². The summed E-state index contributed by atoms with van der Waals surface area (Å²) in [5.74, 6) is 2.73. The number of ether oxygens (including phenoxy) is 1. The highest BCUT2D eigenvalue weighted by atomic mass is 32.2. The van der Waals surface area contributed by atoms with Crippen molar-refractivity contribution < 1.29 is 19.1 Å². The molecule has 198 valence electrons. The van der Waals surface area contributed by atoms with Crippen LogP contribution in [0.15, 0.2) is 24.3 Å². The number of terminal acetylenes is 1. The van der Waals surface area contributed by atoms with Gasteiger partial charge in [0.1, 0.15) is 17.7 Å². The van der Waals surface area contributed by atoms with E-state index in [-0.39, 0.29) is 24.4 Å². The Morgan fingerprint density at radius 1 is 1.19 bits per heavy atom. The minimum absolute atomic E-state index is 0.0766. The second-order valence-corrected chi connectivity index (χ2v) is 11.1. The zero-order chi connectivity index (χ0) is 26.7. The van der Waals surface area contributed by atoms with E-state index in [4.69, 9.17) is 11.2 Å². The maximum Gasteiger partial charge on any atom is 0.408 e. The molecule has 1 fully saturated rings. The van der Waals surface area contributed by atoms with Gasteiger partial charge in [-0.05, 0) is 70.6 Å². The van der Waals surface area contributed by atoms with Gasteiger partial charge in [0, 0.05) is 18.2 Å². The van der Waals surface area contributed by atoms with Crippen molar-refractivity contribution in [3.63, 3.8) is 0 Å². The Hall–Kier alpha value is -2.66. The summed E-state index contributed by atoms with van der Waals surface area (Å²) >= 11 is 1.58. The van der Waals surface area contributed by atoms with Crippen LogP contribution in [-0.4, -0.2) is 59.0 Å². The zero-order valence-corrected chi connectivity index (χ0v) is 23.1. The summed E-state index contributed by atoms with van der Waals surface area (Å²) in [6.45, 7) is 7.41. The molecule has 1 aromatic rings.